The fourth-order valence-corrected chi connectivity index (χ4v) is 5.42. The summed E-state index contributed by atoms with van der Waals surface area (Å²) in [6.45, 7) is 4.02. The number of dihydropyridines is 1. The van der Waals surface area contributed by atoms with Gasteiger partial charge in [-0.15, -0.1) is 0 Å². The van der Waals surface area contributed by atoms with Crippen LogP contribution in [-0.2, 0) is 4.79 Å². The number of hydrogen-bond donors (Lipinski definition) is 1. The molecule has 0 aliphatic carbocycles. The monoisotopic (exact) mass is 701 g/mol. The third-order valence-electron chi connectivity index (χ3n) is 6.41. The van der Waals surface area contributed by atoms with Gasteiger partial charge in [-0.1, -0.05) is 18.2 Å². The van der Waals surface area contributed by atoms with E-state index in [-0.39, 0.29) is 23.7 Å². The average Bonchev–Trinajstić information content (AvgIpc) is 3.12. The van der Waals surface area contributed by atoms with Crippen molar-refractivity contribution in [2.45, 2.75) is 31.7 Å². The number of carbonyl (C=O) groups excluding carboxylic acids is 1. The molecular weight excluding hydrogens is 671 g/mol. The van der Waals surface area contributed by atoms with Crippen molar-refractivity contribution in [3.05, 3.63) is 73.1 Å². The van der Waals surface area contributed by atoms with Gasteiger partial charge in [0, 0.05) is 22.6 Å². The number of carbonyl (C=O) groups is 1. The minimum Gasteiger partial charge on any atom is -0.491 e. The van der Waals surface area contributed by atoms with Crippen LogP contribution in [0.3, 0.4) is 0 Å². The molecule has 0 radical (unpaired) electrons. The Labute approximate surface area is 233 Å². The Kier molecular flexibility index (Phi) is 9.96. The number of aliphatic imine (C=N–C) groups is 1. The Morgan fingerprint density at radius 1 is 1.17 bits per heavy atom. The van der Waals surface area contributed by atoms with E-state index in [1.165, 1.54) is 12.1 Å². The zero-order valence-electron chi connectivity index (χ0n) is 19.6. The van der Waals surface area contributed by atoms with E-state index in [9.17, 15) is 9.18 Å². The topological polar surface area (TPSA) is 53.9 Å². The second-order valence-electron chi connectivity index (χ2n) is 8.88. The van der Waals surface area contributed by atoms with Crippen LogP contribution in [-0.4, -0.2) is 49.3 Å². The van der Waals surface area contributed by atoms with Crippen LogP contribution in [0.5, 0.6) is 5.75 Å². The van der Waals surface area contributed by atoms with Gasteiger partial charge in [0.1, 0.15) is 18.2 Å². The van der Waals surface area contributed by atoms with Crippen molar-refractivity contribution in [2.24, 2.45) is 10.9 Å². The Bertz CT molecular complexity index is 1070. The number of amides is 1. The summed E-state index contributed by atoms with van der Waals surface area (Å²) in [5.74, 6) is 0.641. The Morgan fingerprint density at radius 3 is 2.77 bits per heavy atom. The molecule has 2 unspecified atom stereocenters. The summed E-state index contributed by atoms with van der Waals surface area (Å²) in [4.78, 5) is 20.3. The first-order valence-electron chi connectivity index (χ1n) is 12.1. The fourth-order valence-electron chi connectivity index (χ4n) is 4.47. The van der Waals surface area contributed by atoms with Gasteiger partial charge >= 0.3 is 0 Å². The van der Waals surface area contributed by atoms with Crippen LogP contribution in [0.4, 0.5) is 4.39 Å². The van der Waals surface area contributed by atoms with Gasteiger partial charge in [0.15, 0.2) is 0 Å². The molecule has 1 saturated heterocycles. The van der Waals surface area contributed by atoms with Gasteiger partial charge in [-0.05, 0) is 126 Å². The summed E-state index contributed by atoms with van der Waals surface area (Å²) in [5, 5.41) is 3.22. The van der Waals surface area contributed by atoms with Crippen LogP contribution in [0.15, 0.2) is 59.6 Å². The van der Waals surface area contributed by atoms with E-state index < -0.39 is 0 Å². The molecule has 2 aliphatic heterocycles. The molecule has 0 aromatic heterocycles. The van der Waals surface area contributed by atoms with Gasteiger partial charge in [0.2, 0.25) is 5.91 Å². The molecule has 186 valence electrons. The number of hydrogen-bond acceptors (Lipinski definition) is 4. The molecule has 2 aromatic carbocycles. The molecule has 5 nitrogen and oxygen atoms in total. The lowest BCUT2D eigenvalue weighted by atomic mass is 9.96. The highest BCUT2D eigenvalue weighted by atomic mass is 127. The highest BCUT2D eigenvalue weighted by Crippen LogP contribution is 2.25. The second kappa shape index (κ2) is 13.1. The minimum absolute atomic E-state index is 0.0475. The van der Waals surface area contributed by atoms with Gasteiger partial charge in [-0.3, -0.25) is 14.7 Å². The number of likely N-dealkylation sites (tertiary alicyclic amines) is 1. The van der Waals surface area contributed by atoms with Crippen molar-refractivity contribution >= 4 is 56.8 Å². The molecule has 1 N–H and O–H groups in total. The number of nitrogens with zero attached hydrogens (tertiary/aromatic N) is 2. The second-order valence-corrected chi connectivity index (χ2v) is 11.3. The molecule has 35 heavy (non-hydrogen) atoms. The van der Waals surface area contributed by atoms with Gasteiger partial charge in [0.05, 0.1) is 15.3 Å². The molecule has 8 heteroatoms. The lowest BCUT2D eigenvalue weighted by Gasteiger charge is -2.24. The predicted molar refractivity (Wildman–Crippen MR) is 154 cm³/mol. The first-order valence-corrected chi connectivity index (χ1v) is 14.2. The van der Waals surface area contributed by atoms with Gasteiger partial charge in [-0.2, -0.15) is 0 Å². The first kappa shape index (κ1) is 26.5. The zero-order chi connectivity index (χ0) is 24.6. The molecule has 4 rings (SSSR count). The molecular formula is C27H30FI2N3O2. The average molecular weight is 701 g/mol. The van der Waals surface area contributed by atoms with Crippen molar-refractivity contribution in [3.8, 4) is 5.75 Å². The quantitative estimate of drug-likeness (QED) is 0.356. The van der Waals surface area contributed by atoms with Crippen molar-refractivity contribution in [1.29, 1.82) is 0 Å². The number of benzene rings is 2. The third-order valence-corrected chi connectivity index (χ3v) is 7.98. The molecule has 0 saturated carbocycles. The summed E-state index contributed by atoms with van der Waals surface area (Å²) < 4.78 is 21.8. The van der Waals surface area contributed by atoms with Crippen molar-refractivity contribution < 1.29 is 13.9 Å². The highest BCUT2D eigenvalue weighted by molar-refractivity contribution is 14.1. The van der Waals surface area contributed by atoms with Crippen LogP contribution in [0.1, 0.15) is 37.3 Å². The van der Waals surface area contributed by atoms with Gasteiger partial charge in [-0.25, -0.2) is 4.39 Å². The summed E-state index contributed by atoms with van der Waals surface area (Å²) in [5.41, 5.74) is 1.68. The lowest BCUT2D eigenvalue weighted by molar-refractivity contribution is -0.125. The van der Waals surface area contributed by atoms with E-state index in [2.05, 4.69) is 84.7 Å². The SMILES string of the molecule is O=C(NC(C1=NCCC=C1)c1ccc(F)cc1)C1CCCN(CCOc2cc(I)ccc2I)CC1. The minimum atomic E-state index is -0.358. The first-order chi connectivity index (χ1) is 17.0. The zero-order valence-corrected chi connectivity index (χ0v) is 23.9. The smallest absolute Gasteiger partial charge is 0.223 e. The van der Waals surface area contributed by atoms with Gasteiger partial charge < -0.3 is 10.1 Å². The van der Waals surface area contributed by atoms with Crippen LogP contribution < -0.4 is 10.1 Å². The van der Waals surface area contributed by atoms with Crippen molar-refractivity contribution in [3.63, 3.8) is 0 Å². The number of halogens is 3. The van der Waals surface area contributed by atoms with E-state index in [4.69, 9.17) is 4.74 Å². The molecule has 0 bridgehead atoms. The number of nitrogens with one attached hydrogen (secondary N) is 1. The van der Waals surface area contributed by atoms with Crippen molar-refractivity contribution in [2.75, 3.05) is 32.8 Å². The molecule has 2 aromatic rings. The van der Waals surface area contributed by atoms with E-state index in [0.29, 0.717) is 13.2 Å². The molecule has 1 amide bonds. The molecule has 0 spiro atoms. The molecule has 2 heterocycles. The predicted octanol–water partition coefficient (Wildman–Crippen LogP) is 5.77. The van der Waals surface area contributed by atoms with E-state index >= 15 is 0 Å². The third kappa shape index (κ3) is 7.72. The highest BCUT2D eigenvalue weighted by Gasteiger charge is 2.27. The molecule has 1 fully saturated rings. The van der Waals surface area contributed by atoms with E-state index in [1.54, 1.807) is 12.1 Å². The Morgan fingerprint density at radius 2 is 2.00 bits per heavy atom. The maximum Gasteiger partial charge on any atom is 0.223 e. The van der Waals surface area contributed by atoms with Crippen LogP contribution in [0.25, 0.3) is 0 Å². The largest absolute Gasteiger partial charge is 0.491 e. The molecule has 2 atom stereocenters. The van der Waals surface area contributed by atoms with Crippen LogP contribution in [0, 0.1) is 18.9 Å². The maximum absolute atomic E-state index is 13.5. The fraction of sp³-hybridized carbons (Fsp3) is 0.407. The van der Waals surface area contributed by atoms with Crippen molar-refractivity contribution in [1.82, 2.24) is 10.2 Å². The number of rotatable bonds is 8. The normalized spacial score (nSPS) is 19.5. The molecule has 2 aliphatic rings. The van der Waals surface area contributed by atoms with E-state index in [1.807, 2.05) is 6.08 Å². The maximum atomic E-state index is 13.5. The summed E-state index contributed by atoms with van der Waals surface area (Å²) in [6, 6.07) is 12.2. The Balaban J connectivity index is 1.32. The van der Waals surface area contributed by atoms with Gasteiger partial charge in [0.25, 0.3) is 0 Å². The van der Waals surface area contributed by atoms with E-state index in [0.717, 1.165) is 69.5 Å². The summed E-state index contributed by atoms with van der Waals surface area (Å²) >= 11 is 4.60. The standard InChI is InChI=1S/C27H30FI2N3O2/c28-21-8-6-19(7-9-21)26(24-5-1-2-13-31-24)32-27(34)20-4-3-14-33(15-12-20)16-17-35-25-18-22(29)10-11-23(25)30/h1,5-11,18,20,26H,2-4,12-17H2,(H,32,34). The van der Waals surface area contributed by atoms with Crippen LogP contribution >= 0.6 is 45.2 Å². The summed E-state index contributed by atoms with van der Waals surface area (Å²) in [6.07, 6.45) is 7.59. The van der Waals surface area contributed by atoms with Crippen LogP contribution in [0.2, 0.25) is 0 Å². The lowest BCUT2D eigenvalue weighted by Crippen LogP contribution is -2.38. The Hall–Kier alpha value is -1.53. The summed E-state index contributed by atoms with van der Waals surface area (Å²) in [7, 11) is 0. The number of ether oxygens (including phenoxy) is 1.